The van der Waals surface area contributed by atoms with Crippen LogP contribution in [0.15, 0.2) is 72.5 Å². The average molecular weight is 459 g/mol. The van der Waals surface area contributed by atoms with E-state index in [4.69, 9.17) is 9.57 Å². The van der Waals surface area contributed by atoms with Gasteiger partial charge in [-0.3, -0.25) is 9.48 Å². The Bertz CT molecular complexity index is 1340. The maximum absolute atomic E-state index is 12.5. The summed E-state index contributed by atoms with van der Waals surface area (Å²) in [6.07, 6.45) is 9.51. The highest BCUT2D eigenvalue weighted by atomic mass is 16.7. The minimum Gasteiger partial charge on any atom is -0.489 e. The van der Waals surface area contributed by atoms with Crippen molar-refractivity contribution in [1.82, 2.24) is 24.5 Å². The molecule has 5 rings (SSSR count). The summed E-state index contributed by atoms with van der Waals surface area (Å²) in [4.78, 5) is 22.2. The third kappa shape index (κ3) is 4.63. The van der Waals surface area contributed by atoms with E-state index in [0.717, 1.165) is 28.2 Å². The Morgan fingerprint density at radius 2 is 2.12 bits per heavy atom. The fraction of sp³-hybridized carbons (Fsp3) is 0.280. The number of para-hydroxylation sites is 1. The van der Waals surface area contributed by atoms with Gasteiger partial charge in [0.2, 0.25) is 0 Å². The summed E-state index contributed by atoms with van der Waals surface area (Å²) in [5.74, 6) is 0.597. The Labute approximate surface area is 197 Å². The highest BCUT2D eigenvalue weighted by Crippen LogP contribution is 2.30. The van der Waals surface area contributed by atoms with Crippen molar-refractivity contribution in [3.63, 3.8) is 0 Å². The number of nitrogens with zero attached hydrogens (tertiary/aromatic N) is 5. The number of hydrogen-bond acceptors (Lipinski definition) is 6. The number of oxime groups is 1. The van der Waals surface area contributed by atoms with Gasteiger partial charge >= 0.3 is 0 Å². The molecule has 0 aliphatic carbocycles. The van der Waals surface area contributed by atoms with Gasteiger partial charge in [0.05, 0.1) is 24.0 Å². The smallest absolute Gasteiger partial charge is 0.253 e. The lowest BCUT2D eigenvalue weighted by atomic mass is 10.1. The number of fused-ring (bicyclic) bond motifs is 1. The number of nitrogens with one attached hydrogen (secondary N) is 1. The second kappa shape index (κ2) is 9.38. The molecule has 1 aromatic carbocycles. The van der Waals surface area contributed by atoms with E-state index in [1.54, 1.807) is 24.7 Å². The van der Waals surface area contributed by atoms with Crippen LogP contribution in [-0.4, -0.2) is 50.0 Å². The van der Waals surface area contributed by atoms with Gasteiger partial charge in [-0.25, -0.2) is 4.98 Å². The number of benzene rings is 1. The molecule has 174 valence electrons. The molecule has 1 aliphatic rings. The number of amides is 1. The van der Waals surface area contributed by atoms with Crippen molar-refractivity contribution in [1.29, 1.82) is 0 Å². The van der Waals surface area contributed by atoms with Crippen molar-refractivity contribution in [2.75, 3.05) is 13.2 Å². The van der Waals surface area contributed by atoms with Gasteiger partial charge in [0.15, 0.2) is 6.10 Å². The molecule has 0 saturated carbocycles. The van der Waals surface area contributed by atoms with Crippen molar-refractivity contribution < 1.29 is 14.4 Å². The summed E-state index contributed by atoms with van der Waals surface area (Å²) < 4.78 is 9.82. The third-order valence-electron chi connectivity index (χ3n) is 5.65. The lowest BCUT2D eigenvalue weighted by Gasteiger charge is -2.13. The van der Waals surface area contributed by atoms with Crippen LogP contribution in [0, 0.1) is 0 Å². The van der Waals surface area contributed by atoms with Gasteiger partial charge in [0.25, 0.3) is 5.91 Å². The number of carbonyl (C=O) groups excluding carboxylic acids is 1. The van der Waals surface area contributed by atoms with E-state index in [0.29, 0.717) is 31.2 Å². The Morgan fingerprint density at radius 3 is 2.97 bits per heavy atom. The van der Waals surface area contributed by atoms with Crippen molar-refractivity contribution in [3.8, 4) is 16.9 Å². The van der Waals surface area contributed by atoms with Gasteiger partial charge in [-0.15, -0.1) is 0 Å². The predicted molar refractivity (Wildman–Crippen MR) is 128 cm³/mol. The summed E-state index contributed by atoms with van der Waals surface area (Å²) in [6, 6.07) is 11.7. The summed E-state index contributed by atoms with van der Waals surface area (Å²) in [6.45, 7) is 4.86. The van der Waals surface area contributed by atoms with E-state index in [9.17, 15) is 4.79 Å². The first-order valence-corrected chi connectivity index (χ1v) is 11.3. The van der Waals surface area contributed by atoms with Crippen LogP contribution < -0.4 is 10.1 Å². The SMILES string of the molecule is CC(C)n1cc(-c2ccccc2OCC2CC(CNC(=O)c3ccc4nccn4c3)=NO2)cn1. The predicted octanol–water partition coefficient (Wildman–Crippen LogP) is 3.73. The molecule has 0 spiro atoms. The topological polar surface area (TPSA) is 95.0 Å². The maximum Gasteiger partial charge on any atom is 0.253 e. The monoisotopic (exact) mass is 458 g/mol. The molecule has 9 nitrogen and oxygen atoms in total. The van der Waals surface area contributed by atoms with Crippen molar-refractivity contribution >= 4 is 17.3 Å². The lowest BCUT2D eigenvalue weighted by Crippen LogP contribution is -2.30. The van der Waals surface area contributed by atoms with E-state index in [2.05, 4.69) is 34.4 Å². The highest BCUT2D eigenvalue weighted by molar-refractivity contribution is 5.98. The molecule has 0 bridgehead atoms. The van der Waals surface area contributed by atoms with Crippen molar-refractivity contribution in [2.24, 2.45) is 5.16 Å². The Morgan fingerprint density at radius 1 is 1.24 bits per heavy atom. The molecule has 1 N–H and O–H groups in total. The van der Waals surface area contributed by atoms with E-state index in [-0.39, 0.29) is 12.0 Å². The van der Waals surface area contributed by atoms with E-state index in [1.165, 1.54) is 0 Å². The number of ether oxygens (including phenoxy) is 1. The van der Waals surface area contributed by atoms with Crippen LogP contribution in [0.3, 0.4) is 0 Å². The van der Waals surface area contributed by atoms with Crippen LogP contribution in [0.2, 0.25) is 0 Å². The first-order chi connectivity index (χ1) is 16.6. The third-order valence-corrected chi connectivity index (χ3v) is 5.65. The molecule has 0 saturated heterocycles. The van der Waals surface area contributed by atoms with Crippen LogP contribution in [0.5, 0.6) is 5.75 Å². The standard InChI is InChI=1S/C25H26N6O3/c1-17(2)31-15-19(12-28-31)22-5-3-4-6-23(22)33-16-21-11-20(29-34-21)13-27-25(32)18-7-8-24-26-9-10-30(24)14-18/h3-10,12,14-15,17,21H,11,13,16H2,1-2H3,(H,27,32). The Kier molecular flexibility index (Phi) is 5.99. The fourth-order valence-electron chi connectivity index (χ4n) is 3.79. The number of aromatic nitrogens is 4. The Balaban J connectivity index is 1.14. The Hall–Kier alpha value is -4.14. The minimum absolute atomic E-state index is 0.172. The normalized spacial score (nSPS) is 15.4. The quantitative estimate of drug-likeness (QED) is 0.434. The molecule has 1 amide bonds. The zero-order valence-electron chi connectivity index (χ0n) is 19.1. The molecule has 9 heteroatoms. The van der Waals surface area contributed by atoms with Gasteiger partial charge in [0, 0.05) is 48.4 Å². The van der Waals surface area contributed by atoms with Crippen molar-refractivity contribution in [2.45, 2.75) is 32.4 Å². The average Bonchev–Trinajstić information content (AvgIpc) is 3.61. The molecule has 4 aromatic rings. The maximum atomic E-state index is 12.5. The van der Waals surface area contributed by atoms with Gasteiger partial charge < -0.3 is 19.3 Å². The van der Waals surface area contributed by atoms with E-state index in [1.807, 2.05) is 51.8 Å². The molecular formula is C25H26N6O3. The first kappa shape index (κ1) is 21.7. The van der Waals surface area contributed by atoms with Crippen LogP contribution in [0.1, 0.15) is 36.7 Å². The molecule has 0 radical (unpaired) electrons. The second-order valence-electron chi connectivity index (χ2n) is 8.49. The largest absolute Gasteiger partial charge is 0.489 e. The van der Waals surface area contributed by atoms with Crippen LogP contribution >= 0.6 is 0 Å². The molecule has 1 atom stereocenters. The summed E-state index contributed by atoms with van der Waals surface area (Å²) in [7, 11) is 0. The lowest BCUT2D eigenvalue weighted by molar-refractivity contribution is 0.0472. The summed E-state index contributed by atoms with van der Waals surface area (Å²) >= 11 is 0. The van der Waals surface area contributed by atoms with E-state index < -0.39 is 0 Å². The molecule has 3 aromatic heterocycles. The van der Waals surface area contributed by atoms with Gasteiger partial charge in [-0.1, -0.05) is 23.4 Å². The summed E-state index contributed by atoms with van der Waals surface area (Å²) in [5, 5.41) is 11.5. The highest BCUT2D eigenvalue weighted by Gasteiger charge is 2.23. The molecule has 0 fully saturated rings. The fourth-order valence-corrected chi connectivity index (χ4v) is 3.79. The first-order valence-electron chi connectivity index (χ1n) is 11.3. The summed E-state index contributed by atoms with van der Waals surface area (Å²) in [5.41, 5.74) is 4.11. The van der Waals surface area contributed by atoms with Gasteiger partial charge in [-0.2, -0.15) is 5.10 Å². The number of imidazole rings is 1. The van der Waals surface area contributed by atoms with Gasteiger partial charge in [-0.05, 0) is 32.0 Å². The number of hydrogen-bond donors (Lipinski definition) is 1. The number of carbonyl (C=O) groups is 1. The number of pyridine rings is 1. The van der Waals surface area contributed by atoms with E-state index >= 15 is 0 Å². The van der Waals surface area contributed by atoms with Crippen molar-refractivity contribution in [3.05, 3.63) is 72.9 Å². The van der Waals surface area contributed by atoms with Crippen LogP contribution in [0.4, 0.5) is 0 Å². The molecule has 4 heterocycles. The number of rotatable bonds is 8. The van der Waals surface area contributed by atoms with Gasteiger partial charge in [0.1, 0.15) is 18.0 Å². The zero-order chi connectivity index (χ0) is 23.5. The van der Waals surface area contributed by atoms with Crippen LogP contribution in [0.25, 0.3) is 16.8 Å². The molecule has 34 heavy (non-hydrogen) atoms. The molecule has 1 aliphatic heterocycles. The zero-order valence-corrected chi connectivity index (χ0v) is 19.1. The second-order valence-corrected chi connectivity index (χ2v) is 8.49. The molecular weight excluding hydrogens is 432 g/mol. The molecule has 1 unspecified atom stereocenters. The van der Waals surface area contributed by atoms with Crippen LogP contribution in [-0.2, 0) is 4.84 Å². The minimum atomic E-state index is -0.208.